The van der Waals surface area contributed by atoms with Gasteiger partial charge in [-0.3, -0.25) is 4.79 Å². The Balaban J connectivity index is 1.56. The first-order valence-electron chi connectivity index (χ1n) is 7.95. The molecule has 0 fully saturated rings. The molecular formula is C18H16F2N4OS2. The first-order chi connectivity index (χ1) is 13.0. The van der Waals surface area contributed by atoms with Gasteiger partial charge in [0.2, 0.25) is 5.91 Å². The topological polar surface area (TPSA) is 59.8 Å². The van der Waals surface area contributed by atoms with Gasteiger partial charge in [0.15, 0.2) is 11.0 Å². The summed E-state index contributed by atoms with van der Waals surface area (Å²) < 4.78 is 26.5. The quantitative estimate of drug-likeness (QED) is 0.584. The number of anilines is 1. The van der Waals surface area contributed by atoms with E-state index in [9.17, 15) is 13.6 Å². The molecule has 27 heavy (non-hydrogen) atoms. The van der Waals surface area contributed by atoms with Crippen molar-refractivity contribution < 1.29 is 13.6 Å². The Bertz CT molecular complexity index is 901. The molecule has 3 rings (SSSR count). The van der Waals surface area contributed by atoms with Crippen LogP contribution in [0.25, 0.3) is 11.4 Å². The van der Waals surface area contributed by atoms with Crippen LogP contribution >= 0.6 is 23.5 Å². The number of rotatable bonds is 7. The molecule has 140 valence electrons. The minimum absolute atomic E-state index is 0.161. The highest BCUT2D eigenvalue weighted by Gasteiger charge is 2.13. The second-order valence-corrected chi connectivity index (χ2v) is 7.48. The fraction of sp³-hybridized carbons (Fsp3) is 0.167. The van der Waals surface area contributed by atoms with Crippen LogP contribution in [0.1, 0.15) is 0 Å². The van der Waals surface area contributed by atoms with Gasteiger partial charge in [0, 0.05) is 23.2 Å². The van der Waals surface area contributed by atoms with Gasteiger partial charge >= 0.3 is 0 Å². The Kier molecular flexibility index (Phi) is 6.46. The normalized spacial score (nSPS) is 11.0. The number of hydrogen-bond acceptors (Lipinski definition) is 5. The van der Waals surface area contributed by atoms with Crippen molar-refractivity contribution in [3.8, 4) is 11.4 Å². The number of aromatic nitrogens is 3. The third kappa shape index (κ3) is 5.30. The molecule has 9 heteroatoms. The highest BCUT2D eigenvalue weighted by atomic mass is 32.2. The summed E-state index contributed by atoms with van der Waals surface area (Å²) in [7, 11) is 1.85. The Hall–Kier alpha value is -2.39. The molecule has 0 aliphatic rings. The fourth-order valence-corrected chi connectivity index (χ4v) is 3.54. The van der Waals surface area contributed by atoms with Gasteiger partial charge in [-0.25, -0.2) is 0 Å². The number of alkyl halides is 2. The van der Waals surface area contributed by atoms with Gasteiger partial charge < -0.3 is 9.88 Å². The van der Waals surface area contributed by atoms with Crippen LogP contribution in [0.4, 0.5) is 14.5 Å². The van der Waals surface area contributed by atoms with E-state index in [2.05, 4.69) is 15.5 Å². The number of amides is 1. The van der Waals surface area contributed by atoms with Gasteiger partial charge in [-0.2, -0.15) is 8.78 Å². The van der Waals surface area contributed by atoms with E-state index in [-0.39, 0.29) is 11.7 Å². The van der Waals surface area contributed by atoms with Crippen molar-refractivity contribution >= 4 is 35.1 Å². The Morgan fingerprint density at radius 2 is 1.81 bits per heavy atom. The molecule has 0 saturated heterocycles. The lowest BCUT2D eigenvalue weighted by Crippen LogP contribution is -2.14. The van der Waals surface area contributed by atoms with Gasteiger partial charge in [-0.15, -0.1) is 10.2 Å². The van der Waals surface area contributed by atoms with Crippen LogP contribution in [0.15, 0.2) is 64.6 Å². The number of thioether (sulfide) groups is 2. The van der Waals surface area contributed by atoms with Crippen molar-refractivity contribution in [2.24, 2.45) is 7.05 Å². The fourth-order valence-electron chi connectivity index (χ4n) is 2.33. The lowest BCUT2D eigenvalue weighted by atomic mass is 10.2. The number of carbonyl (C=O) groups is 1. The maximum atomic E-state index is 12.3. The summed E-state index contributed by atoms with van der Waals surface area (Å²) in [6.07, 6.45) is 0. The Morgan fingerprint density at radius 1 is 1.11 bits per heavy atom. The number of nitrogens with one attached hydrogen (secondary N) is 1. The molecule has 0 spiro atoms. The zero-order chi connectivity index (χ0) is 19.2. The second kappa shape index (κ2) is 9.01. The summed E-state index contributed by atoms with van der Waals surface area (Å²) in [4.78, 5) is 12.6. The molecule has 5 nitrogen and oxygen atoms in total. The molecule has 0 atom stereocenters. The molecule has 1 N–H and O–H groups in total. The molecule has 0 bridgehead atoms. The molecule has 1 amide bonds. The van der Waals surface area contributed by atoms with Crippen molar-refractivity contribution in [1.29, 1.82) is 0 Å². The minimum Gasteiger partial charge on any atom is -0.325 e. The molecule has 0 aliphatic carbocycles. The van der Waals surface area contributed by atoms with Gasteiger partial charge in [-0.05, 0) is 24.3 Å². The third-order valence-corrected chi connectivity index (χ3v) is 5.31. The summed E-state index contributed by atoms with van der Waals surface area (Å²) >= 11 is 1.74. The molecule has 3 aromatic rings. The SMILES string of the molecule is Cn1c(SCC(=O)Nc2ccc(SC(F)F)cc2)nnc1-c1ccccc1. The highest BCUT2D eigenvalue weighted by molar-refractivity contribution is 8.00. The first-order valence-corrected chi connectivity index (χ1v) is 9.82. The molecule has 0 aliphatic heterocycles. The van der Waals surface area contributed by atoms with E-state index in [4.69, 9.17) is 0 Å². The maximum Gasteiger partial charge on any atom is 0.288 e. The van der Waals surface area contributed by atoms with Crippen LogP contribution in [-0.2, 0) is 11.8 Å². The van der Waals surface area contributed by atoms with Crippen LogP contribution in [-0.4, -0.2) is 32.2 Å². The standard InChI is InChI=1S/C18H16F2N4OS2/c1-24-16(12-5-3-2-4-6-12)22-23-18(24)26-11-15(25)21-13-7-9-14(10-8-13)27-17(19)20/h2-10,17H,11H2,1H3,(H,21,25). The number of hydrogen-bond donors (Lipinski definition) is 1. The maximum absolute atomic E-state index is 12.3. The molecular weight excluding hydrogens is 390 g/mol. The summed E-state index contributed by atoms with van der Waals surface area (Å²) in [5.41, 5.74) is 1.51. The third-order valence-electron chi connectivity index (χ3n) is 3.56. The zero-order valence-electron chi connectivity index (χ0n) is 14.3. The van der Waals surface area contributed by atoms with Crippen LogP contribution in [0.3, 0.4) is 0 Å². The van der Waals surface area contributed by atoms with Crippen molar-refractivity contribution in [3.63, 3.8) is 0 Å². The van der Waals surface area contributed by atoms with Crippen molar-refractivity contribution in [3.05, 3.63) is 54.6 Å². The van der Waals surface area contributed by atoms with Crippen molar-refractivity contribution in [1.82, 2.24) is 14.8 Å². The van der Waals surface area contributed by atoms with E-state index in [1.807, 2.05) is 41.9 Å². The van der Waals surface area contributed by atoms with Crippen molar-refractivity contribution in [2.45, 2.75) is 15.8 Å². The van der Waals surface area contributed by atoms with Crippen LogP contribution in [0, 0.1) is 0 Å². The van der Waals surface area contributed by atoms with E-state index in [1.165, 1.54) is 11.8 Å². The average molecular weight is 406 g/mol. The lowest BCUT2D eigenvalue weighted by Gasteiger charge is -2.07. The van der Waals surface area contributed by atoms with Crippen LogP contribution in [0.5, 0.6) is 0 Å². The number of halogens is 2. The van der Waals surface area contributed by atoms with Crippen LogP contribution < -0.4 is 5.32 Å². The highest BCUT2D eigenvalue weighted by Crippen LogP contribution is 2.26. The first kappa shape index (κ1) is 19.4. The largest absolute Gasteiger partial charge is 0.325 e. The number of nitrogens with zero attached hydrogens (tertiary/aromatic N) is 3. The number of benzene rings is 2. The van der Waals surface area contributed by atoms with Gasteiger partial charge in [-0.1, -0.05) is 53.9 Å². The molecule has 0 saturated carbocycles. The summed E-state index contributed by atoms with van der Waals surface area (Å²) in [5, 5.41) is 11.7. The molecule has 1 aromatic heterocycles. The van der Waals surface area contributed by atoms with Crippen LogP contribution in [0.2, 0.25) is 0 Å². The van der Waals surface area contributed by atoms with E-state index in [1.54, 1.807) is 24.3 Å². The van der Waals surface area contributed by atoms with E-state index < -0.39 is 5.76 Å². The van der Waals surface area contributed by atoms with Gasteiger partial charge in [0.1, 0.15) is 0 Å². The minimum atomic E-state index is -2.46. The molecule has 0 radical (unpaired) electrons. The monoisotopic (exact) mass is 406 g/mol. The molecule has 2 aromatic carbocycles. The second-order valence-electron chi connectivity index (χ2n) is 5.47. The smallest absolute Gasteiger partial charge is 0.288 e. The van der Waals surface area contributed by atoms with E-state index >= 15 is 0 Å². The Labute approximate surface area is 163 Å². The lowest BCUT2D eigenvalue weighted by molar-refractivity contribution is -0.113. The summed E-state index contributed by atoms with van der Waals surface area (Å²) in [5.74, 6) is -1.79. The van der Waals surface area contributed by atoms with E-state index in [0.717, 1.165) is 11.4 Å². The van der Waals surface area contributed by atoms with E-state index in [0.29, 0.717) is 27.5 Å². The van der Waals surface area contributed by atoms with Gasteiger partial charge in [0.05, 0.1) is 5.75 Å². The Morgan fingerprint density at radius 3 is 2.48 bits per heavy atom. The molecule has 1 heterocycles. The number of carbonyl (C=O) groups excluding carboxylic acids is 1. The average Bonchev–Trinajstić information content (AvgIpc) is 3.02. The summed E-state index contributed by atoms with van der Waals surface area (Å²) in [6, 6.07) is 16.0. The predicted molar refractivity (Wildman–Crippen MR) is 104 cm³/mol. The summed E-state index contributed by atoms with van der Waals surface area (Å²) in [6.45, 7) is 0. The predicted octanol–water partition coefficient (Wildman–Crippen LogP) is 4.53. The zero-order valence-corrected chi connectivity index (χ0v) is 15.9. The van der Waals surface area contributed by atoms with Crippen molar-refractivity contribution in [2.75, 3.05) is 11.1 Å². The van der Waals surface area contributed by atoms with Gasteiger partial charge in [0.25, 0.3) is 5.76 Å². The molecule has 0 unspecified atom stereocenters.